The lowest BCUT2D eigenvalue weighted by molar-refractivity contribution is -0.128. The predicted octanol–water partition coefficient (Wildman–Crippen LogP) is 1.77. The minimum absolute atomic E-state index is 0.192. The molecule has 1 fully saturated rings. The van der Waals surface area contributed by atoms with Crippen molar-refractivity contribution in [2.75, 3.05) is 14.1 Å². The molecule has 1 aliphatic carbocycles. The number of amides is 1. The zero-order valence-electron chi connectivity index (χ0n) is 11.3. The summed E-state index contributed by atoms with van der Waals surface area (Å²) in [5.41, 5.74) is 7.39. The van der Waals surface area contributed by atoms with E-state index in [4.69, 9.17) is 5.73 Å². The Labute approximate surface area is 109 Å². The summed E-state index contributed by atoms with van der Waals surface area (Å²) < 4.78 is 2.14. The summed E-state index contributed by atoms with van der Waals surface area (Å²) in [6, 6.07) is 2.31. The summed E-state index contributed by atoms with van der Waals surface area (Å²) in [7, 11) is 3.59. The number of carbonyl (C=O) groups excluding carboxylic acids is 1. The zero-order chi connectivity index (χ0) is 13.1. The maximum Gasteiger partial charge on any atom is 0.222 e. The minimum atomic E-state index is 0.192. The second-order valence-electron chi connectivity index (χ2n) is 5.44. The van der Waals surface area contributed by atoms with Crippen LogP contribution in [0.3, 0.4) is 0 Å². The predicted molar refractivity (Wildman–Crippen MR) is 72.0 cm³/mol. The number of rotatable bonds is 6. The van der Waals surface area contributed by atoms with Crippen LogP contribution in [0, 0.1) is 5.92 Å². The van der Waals surface area contributed by atoms with Crippen molar-refractivity contribution in [3.63, 3.8) is 0 Å². The van der Waals surface area contributed by atoms with Crippen LogP contribution in [-0.2, 0) is 11.3 Å². The van der Waals surface area contributed by atoms with Crippen LogP contribution in [-0.4, -0.2) is 29.5 Å². The molecule has 4 nitrogen and oxygen atoms in total. The van der Waals surface area contributed by atoms with Gasteiger partial charge in [0.15, 0.2) is 0 Å². The highest BCUT2D eigenvalue weighted by Crippen LogP contribution is 2.39. The molecule has 1 aromatic heterocycles. The molecule has 1 amide bonds. The van der Waals surface area contributed by atoms with E-state index in [1.54, 1.807) is 19.0 Å². The molecule has 2 rings (SSSR count). The van der Waals surface area contributed by atoms with Crippen molar-refractivity contribution in [1.82, 2.24) is 9.47 Å². The third-order valence-electron chi connectivity index (χ3n) is 3.59. The molecule has 1 saturated carbocycles. The third kappa shape index (κ3) is 3.35. The maximum absolute atomic E-state index is 11.4. The van der Waals surface area contributed by atoms with Crippen molar-refractivity contribution in [3.8, 4) is 0 Å². The monoisotopic (exact) mass is 249 g/mol. The molecule has 4 heteroatoms. The Morgan fingerprint density at radius 1 is 1.56 bits per heavy atom. The largest absolute Gasteiger partial charge is 0.354 e. The van der Waals surface area contributed by atoms with Gasteiger partial charge in [0.2, 0.25) is 5.91 Å². The molecule has 1 aromatic rings. The van der Waals surface area contributed by atoms with E-state index in [1.807, 2.05) is 0 Å². The smallest absolute Gasteiger partial charge is 0.222 e. The summed E-state index contributed by atoms with van der Waals surface area (Å²) in [5, 5.41) is 0. The van der Waals surface area contributed by atoms with Gasteiger partial charge in [-0.2, -0.15) is 0 Å². The summed E-state index contributed by atoms with van der Waals surface area (Å²) >= 11 is 0. The van der Waals surface area contributed by atoms with Gasteiger partial charge in [0, 0.05) is 45.5 Å². The lowest BCUT2D eigenvalue weighted by Crippen LogP contribution is -2.21. The Morgan fingerprint density at radius 3 is 2.89 bits per heavy atom. The highest BCUT2D eigenvalue weighted by Gasteiger charge is 2.29. The molecule has 18 heavy (non-hydrogen) atoms. The first-order chi connectivity index (χ1) is 8.58. The molecule has 0 aromatic carbocycles. The number of aryl methyl sites for hydroxylation is 1. The van der Waals surface area contributed by atoms with Crippen LogP contribution >= 0.6 is 0 Å². The van der Waals surface area contributed by atoms with Gasteiger partial charge < -0.3 is 15.2 Å². The zero-order valence-corrected chi connectivity index (χ0v) is 11.3. The fourth-order valence-corrected chi connectivity index (χ4v) is 2.16. The molecule has 100 valence electrons. The third-order valence-corrected chi connectivity index (χ3v) is 3.59. The summed E-state index contributed by atoms with van der Waals surface area (Å²) in [6.07, 6.45) is 8.22. The van der Waals surface area contributed by atoms with Gasteiger partial charge in [-0.1, -0.05) is 0 Å². The number of hydrogen-bond donors (Lipinski definition) is 1. The molecule has 2 N–H and O–H groups in total. The van der Waals surface area contributed by atoms with Gasteiger partial charge in [0.05, 0.1) is 0 Å². The van der Waals surface area contributed by atoms with Crippen LogP contribution in [0.5, 0.6) is 0 Å². The summed E-state index contributed by atoms with van der Waals surface area (Å²) in [4.78, 5) is 13.1. The molecule has 0 bridgehead atoms. The first-order valence-electron chi connectivity index (χ1n) is 6.69. The quantitative estimate of drug-likeness (QED) is 0.835. The Morgan fingerprint density at radius 2 is 2.28 bits per heavy atom. The molecule has 0 aliphatic heterocycles. The van der Waals surface area contributed by atoms with Gasteiger partial charge in [-0.25, -0.2) is 0 Å². The molecule has 1 heterocycles. The van der Waals surface area contributed by atoms with Gasteiger partial charge in [-0.15, -0.1) is 0 Å². The van der Waals surface area contributed by atoms with Crippen molar-refractivity contribution in [1.29, 1.82) is 0 Å². The number of aromatic nitrogens is 1. The second kappa shape index (κ2) is 5.57. The van der Waals surface area contributed by atoms with Crippen molar-refractivity contribution in [3.05, 3.63) is 24.0 Å². The van der Waals surface area contributed by atoms with Gasteiger partial charge in [-0.05, 0) is 36.8 Å². The molecule has 0 radical (unpaired) electrons. The van der Waals surface area contributed by atoms with E-state index in [1.165, 1.54) is 18.4 Å². The van der Waals surface area contributed by atoms with E-state index >= 15 is 0 Å². The van der Waals surface area contributed by atoms with Crippen LogP contribution < -0.4 is 5.73 Å². The lowest BCUT2D eigenvalue weighted by Gasteiger charge is -2.10. The topological polar surface area (TPSA) is 51.3 Å². The van der Waals surface area contributed by atoms with Crippen LogP contribution in [0.25, 0.3) is 0 Å². The van der Waals surface area contributed by atoms with Gasteiger partial charge in [-0.3, -0.25) is 4.79 Å². The van der Waals surface area contributed by atoms with Crippen molar-refractivity contribution < 1.29 is 4.79 Å². The van der Waals surface area contributed by atoms with E-state index < -0.39 is 0 Å². The van der Waals surface area contributed by atoms with Gasteiger partial charge >= 0.3 is 0 Å². The molecular weight excluding hydrogens is 226 g/mol. The SMILES string of the molecule is CN(C)C(=O)CCCn1ccc(C(N)C2CC2)c1. The first kappa shape index (κ1) is 13.1. The van der Waals surface area contributed by atoms with Gasteiger partial charge in [0.25, 0.3) is 0 Å². The Balaban J connectivity index is 1.78. The van der Waals surface area contributed by atoms with Crippen LogP contribution in [0.15, 0.2) is 18.5 Å². The minimum Gasteiger partial charge on any atom is -0.354 e. The van der Waals surface area contributed by atoms with E-state index in [-0.39, 0.29) is 11.9 Å². The maximum atomic E-state index is 11.4. The van der Waals surface area contributed by atoms with Crippen molar-refractivity contribution >= 4 is 5.91 Å². The summed E-state index contributed by atoms with van der Waals surface area (Å²) in [5.74, 6) is 0.883. The van der Waals surface area contributed by atoms with E-state index in [0.717, 1.165) is 13.0 Å². The molecular formula is C14H23N3O. The Bertz CT molecular complexity index is 407. The second-order valence-corrected chi connectivity index (χ2v) is 5.44. The highest BCUT2D eigenvalue weighted by molar-refractivity contribution is 5.75. The average Bonchev–Trinajstić information content (AvgIpc) is 3.08. The van der Waals surface area contributed by atoms with Crippen LogP contribution in [0.2, 0.25) is 0 Å². The lowest BCUT2D eigenvalue weighted by atomic mass is 10.1. The van der Waals surface area contributed by atoms with E-state index in [0.29, 0.717) is 12.3 Å². The number of carbonyl (C=O) groups is 1. The number of nitrogens with zero attached hydrogens (tertiary/aromatic N) is 2. The normalized spacial score (nSPS) is 16.6. The first-order valence-corrected chi connectivity index (χ1v) is 6.69. The van der Waals surface area contributed by atoms with Gasteiger partial charge in [0.1, 0.15) is 0 Å². The molecule has 1 unspecified atom stereocenters. The number of nitrogens with two attached hydrogens (primary N) is 1. The molecule has 1 aliphatic rings. The van der Waals surface area contributed by atoms with Crippen molar-refractivity contribution in [2.24, 2.45) is 11.7 Å². The fraction of sp³-hybridized carbons (Fsp3) is 0.643. The van der Waals surface area contributed by atoms with Crippen LogP contribution in [0.4, 0.5) is 0 Å². The Hall–Kier alpha value is -1.29. The van der Waals surface area contributed by atoms with Crippen molar-refractivity contribution in [2.45, 2.75) is 38.3 Å². The molecule has 0 saturated heterocycles. The average molecular weight is 249 g/mol. The highest BCUT2D eigenvalue weighted by atomic mass is 16.2. The number of hydrogen-bond acceptors (Lipinski definition) is 2. The van der Waals surface area contributed by atoms with E-state index in [2.05, 4.69) is 23.0 Å². The molecule has 1 atom stereocenters. The van der Waals surface area contributed by atoms with Crippen LogP contribution in [0.1, 0.15) is 37.3 Å². The van der Waals surface area contributed by atoms with E-state index in [9.17, 15) is 4.79 Å². The standard InChI is InChI=1S/C14H23N3O/c1-16(2)13(18)4-3-8-17-9-7-12(10-17)14(15)11-5-6-11/h7,9-11,14H,3-6,8,15H2,1-2H3. The molecule has 0 spiro atoms. The Kier molecular flexibility index (Phi) is 4.07. The summed E-state index contributed by atoms with van der Waals surface area (Å²) in [6.45, 7) is 0.886. The fourth-order valence-electron chi connectivity index (χ4n) is 2.16.